The number of rotatable bonds is 5. The van der Waals surface area contributed by atoms with E-state index in [1.165, 1.54) is 6.07 Å². The van der Waals surface area contributed by atoms with E-state index in [-0.39, 0.29) is 23.7 Å². The number of amides is 1. The molecule has 9 heteroatoms. The topological polar surface area (TPSA) is 62.5 Å². The Morgan fingerprint density at radius 3 is 2.64 bits per heavy atom. The van der Waals surface area contributed by atoms with Gasteiger partial charge in [0.1, 0.15) is 0 Å². The van der Waals surface area contributed by atoms with Crippen LogP contribution < -0.4 is 10.2 Å². The van der Waals surface area contributed by atoms with Crippen LogP contribution >= 0.6 is 0 Å². The Morgan fingerprint density at radius 2 is 1.97 bits per heavy atom. The minimum absolute atomic E-state index is 0.0273. The number of benzene rings is 2. The first kappa shape index (κ1) is 22.6. The van der Waals surface area contributed by atoms with E-state index in [9.17, 15) is 18.0 Å². The zero-order valence-electron chi connectivity index (χ0n) is 18.5. The monoisotopic (exact) mass is 455 g/mol. The third-order valence-electron chi connectivity index (χ3n) is 5.28. The normalized spacial score (nSPS) is 13.9. The summed E-state index contributed by atoms with van der Waals surface area (Å²) in [5.74, 6) is -0.257. The SMILES string of the molecule is CC(C)CN(C)c1cc2c(cc1C(F)(F)F)NC(=O)CC(c1cccc(-n3cccn3)c1)=N2. The van der Waals surface area contributed by atoms with Crippen LogP contribution in [-0.4, -0.2) is 35.0 Å². The first-order valence-corrected chi connectivity index (χ1v) is 10.6. The van der Waals surface area contributed by atoms with E-state index in [1.54, 1.807) is 35.1 Å². The average Bonchev–Trinajstić information content (AvgIpc) is 3.22. The smallest absolute Gasteiger partial charge is 0.374 e. The van der Waals surface area contributed by atoms with Crippen LogP contribution in [0.5, 0.6) is 0 Å². The summed E-state index contributed by atoms with van der Waals surface area (Å²) in [4.78, 5) is 18.8. The summed E-state index contributed by atoms with van der Waals surface area (Å²) >= 11 is 0. The number of nitrogens with zero attached hydrogens (tertiary/aromatic N) is 4. The van der Waals surface area contributed by atoms with Gasteiger partial charge in [-0.1, -0.05) is 26.0 Å². The Balaban J connectivity index is 1.83. The Morgan fingerprint density at radius 1 is 1.18 bits per heavy atom. The van der Waals surface area contributed by atoms with Gasteiger partial charge in [0.15, 0.2) is 0 Å². The van der Waals surface area contributed by atoms with Gasteiger partial charge in [0.2, 0.25) is 5.91 Å². The highest BCUT2D eigenvalue weighted by Gasteiger charge is 2.36. The molecule has 0 atom stereocenters. The molecule has 0 radical (unpaired) electrons. The number of aliphatic imine (C=N–C) groups is 1. The van der Waals surface area contributed by atoms with E-state index >= 15 is 0 Å². The average molecular weight is 455 g/mol. The summed E-state index contributed by atoms with van der Waals surface area (Å²) in [5.41, 5.74) is 1.52. The van der Waals surface area contributed by atoms with Crippen LogP contribution in [0.1, 0.15) is 31.4 Å². The van der Waals surface area contributed by atoms with Gasteiger partial charge in [-0.05, 0) is 41.8 Å². The van der Waals surface area contributed by atoms with Gasteiger partial charge < -0.3 is 10.2 Å². The van der Waals surface area contributed by atoms with Gasteiger partial charge >= 0.3 is 6.18 Å². The van der Waals surface area contributed by atoms with Gasteiger partial charge in [-0.15, -0.1) is 0 Å². The molecule has 33 heavy (non-hydrogen) atoms. The van der Waals surface area contributed by atoms with Gasteiger partial charge in [0.25, 0.3) is 0 Å². The number of halogens is 3. The van der Waals surface area contributed by atoms with E-state index in [0.29, 0.717) is 23.5 Å². The first-order chi connectivity index (χ1) is 15.6. The molecule has 0 spiro atoms. The fourth-order valence-corrected chi connectivity index (χ4v) is 3.91. The zero-order valence-corrected chi connectivity index (χ0v) is 18.5. The number of fused-ring (bicyclic) bond motifs is 1. The van der Waals surface area contributed by atoms with E-state index in [2.05, 4.69) is 15.4 Å². The predicted molar refractivity (Wildman–Crippen MR) is 123 cm³/mol. The largest absolute Gasteiger partial charge is 0.418 e. The van der Waals surface area contributed by atoms with Crippen molar-refractivity contribution in [1.29, 1.82) is 0 Å². The van der Waals surface area contributed by atoms with Gasteiger partial charge in [0, 0.05) is 26.0 Å². The van der Waals surface area contributed by atoms with Gasteiger partial charge in [0.05, 0.1) is 40.4 Å². The van der Waals surface area contributed by atoms with E-state index < -0.39 is 17.6 Å². The van der Waals surface area contributed by atoms with Crippen molar-refractivity contribution in [1.82, 2.24) is 9.78 Å². The number of carbonyl (C=O) groups excluding carboxylic acids is 1. The van der Waals surface area contributed by atoms with Crippen molar-refractivity contribution in [2.75, 3.05) is 23.8 Å². The lowest BCUT2D eigenvalue weighted by molar-refractivity contribution is -0.137. The summed E-state index contributed by atoms with van der Waals surface area (Å²) in [6.07, 6.45) is -1.18. The molecule has 172 valence electrons. The van der Waals surface area contributed by atoms with Crippen LogP contribution in [0.4, 0.5) is 30.2 Å². The second-order valence-electron chi connectivity index (χ2n) is 8.44. The molecule has 2 aromatic carbocycles. The van der Waals surface area contributed by atoms with E-state index in [0.717, 1.165) is 11.8 Å². The molecule has 0 bridgehead atoms. The molecule has 0 saturated carbocycles. The second-order valence-corrected chi connectivity index (χ2v) is 8.44. The Hall–Kier alpha value is -3.62. The molecule has 1 aliphatic rings. The van der Waals surface area contributed by atoms with Gasteiger partial charge in [-0.3, -0.25) is 9.79 Å². The summed E-state index contributed by atoms with van der Waals surface area (Å²) in [6.45, 7) is 4.32. The summed E-state index contributed by atoms with van der Waals surface area (Å²) in [6, 6.07) is 11.5. The lowest BCUT2D eigenvalue weighted by Crippen LogP contribution is -2.25. The number of hydrogen-bond acceptors (Lipinski definition) is 4. The predicted octanol–water partition coefficient (Wildman–Crippen LogP) is 5.45. The molecule has 1 amide bonds. The number of aromatic nitrogens is 2. The number of alkyl halides is 3. The highest BCUT2D eigenvalue weighted by Crippen LogP contribution is 2.43. The molecule has 6 nitrogen and oxygen atoms in total. The van der Waals surface area contributed by atoms with Crippen molar-refractivity contribution < 1.29 is 18.0 Å². The Bertz CT molecular complexity index is 1200. The lowest BCUT2D eigenvalue weighted by atomic mass is 10.1. The molecule has 1 aliphatic heterocycles. The maximum Gasteiger partial charge on any atom is 0.418 e. The van der Waals surface area contributed by atoms with Crippen molar-refractivity contribution in [3.63, 3.8) is 0 Å². The van der Waals surface area contributed by atoms with Crippen molar-refractivity contribution in [2.24, 2.45) is 10.9 Å². The van der Waals surface area contributed by atoms with Crippen molar-refractivity contribution in [3.05, 3.63) is 66.0 Å². The van der Waals surface area contributed by atoms with Crippen molar-refractivity contribution in [2.45, 2.75) is 26.4 Å². The highest BCUT2D eigenvalue weighted by atomic mass is 19.4. The summed E-state index contributed by atoms with van der Waals surface area (Å²) in [5, 5.41) is 6.81. The Labute approximate surface area is 189 Å². The fourth-order valence-electron chi connectivity index (χ4n) is 3.91. The van der Waals surface area contributed by atoms with Crippen LogP contribution in [0, 0.1) is 5.92 Å². The summed E-state index contributed by atoms with van der Waals surface area (Å²) in [7, 11) is 1.63. The quantitative estimate of drug-likeness (QED) is 0.557. The maximum atomic E-state index is 13.9. The van der Waals surface area contributed by atoms with E-state index in [1.807, 2.05) is 38.1 Å². The molecule has 0 saturated heterocycles. The Kier molecular flexibility index (Phi) is 5.97. The number of nitrogens with one attached hydrogen (secondary N) is 1. The molecule has 0 unspecified atom stereocenters. The molecule has 0 fully saturated rings. The molecular weight excluding hydrogens is 431 g/mol. The molecule has 2 heterocycles. The van der Waals surface area contributed by atoms with Crippen LogP contribution in [0.2, 0.25) is 0 Å². The maximum absolute atomic E-state index is 13.9. The first-order valence-electron chi connectivity index (χ1n) is 10.6. The third kappa shape index (κ3) is 4.92. The van der Waals surface area contributed by atoms with Gasteiger partial charge in [-0.2, -0.15) is 18.3 Å². The van der Waals surface area contributed by atoms with Crippen LogP contribution in [-0.2, 0) is 11.0 Å². The summed E-state index contributed by atoms with van der Waals surface area (Å²) < 4.78 is 43.2. The minimum Gasteiger partial charge on any atom is -0.374 e. The zero-order chi connectivity index (χ0) is 23.8. The van der Waals surface area contributed by atoms with Gasteiger partial charge in [-0.25, -0.2) is 4.68 Å². The van der Waals surface area contributed by atoms with E-state index in [4.69, 9.17) is 0 Å². The fraction of sp³-hybridized carbons (Fsp3) is 0.292. The molecule has 4 rings (SSSR count). The van der Waals surface area contributed by atoms with Crippen molar-refractivity contribution in [3.8, 4) is 5.69 Å². The highest BCUT2D eigenvalue weighted by molar-refractivity contribution is 6.17. The number of hydrogen-bond donors (Lipinski definition) is 1. The van der Waals surface area contributed by atoms with Crippen LogP contribution in [0.25, 0.3) is 5.69 Å². The second kappa shape index (κ2) is 8.73. The standard InChI is InChI=1S/C24H24F3N5O/c1-15(2)14-31(3)22-12-21-20(11-18(22)24(25,26)27)30-23(33)13-19(29-21)16-6-4-7-17(10-16)32-9-5-8-28-32/h4-12,15H,13-14H2,1-3H3,(H,30,33). The number of anilines is 2. The van der Waals surface area contributed by atoms with Crippen LogP contribution in [0.3, 0.4) is 0 Å². The molecule has 0 aliphatic carbocycles. The molecule has 1 aromatic heterocycles. The third-order valence-corrected chi connectivity index (χ3v) is 5.28. The molecule has 1 N–H and O–H groups in total. The molecular formula is C24H24F3N5O. The minimum atomic E-state index is -4.57. The van der Waals surface area contributed by atoms with Crippen LogP contribution in [0.15, 0.2) is 59.9 Å². The number of carbonyl (C=O) groups is 1. The van der Waals surface area contributed by atoms with Crippen molar-refractivity contribution >= 4 is 28.7 Å². The molecule has 3 aromatic rings. The lowest BCUT2D eigenvalue weighted by Gasteiger charge is -2.26.